The molecule has 8 rings (SSSR count). The normalized spacial score (nSPS) is 11.1. The summed E-state index contributed by atoms with van der Waals surface area (Å²) in [5.41, 5.74) is 10.2. The van der Waals surface area contributed by atoms with Gasteiger partial charge < -0.3 is 5.11 Å². The Balaban J connectivity index is 0.00000338. The van der Waals surface area contributed by atoms with E-state index in [0.29, 0.717) is 11.3 Å². The van der Waals surface area contributed by atoms with Crippen LogP contribution in [-0.4, -0.2) is 15.1 Å². The molecule has 0 spiro atoms. The molecule has 3 nitrogen and oxygen atoms in total. The van der Waals surface area contributed by atoms with Crippen molar-refractivity contribution in [3.63, 3.8) is 0 Å². The Bertz CT molecular complexity index is 2360. The van der Waals surface area contributed by atoms with E-state index in [-0.39, 0.29) is 26.8 Å². The van der Waals surface area contributed by atoms with E-state index in [9.17, 15) is 5.11 Å². The van der Waals surface area contributed by atoms with Gasteiger partial charge in [-0.3, -0.25) is 9.97 Å². The van der Waals surface area contributed by atoms with Crippen LogP contribution in [0.2, 0.25) is 0 Å². The predicted molar refractivity (Wildman–Crippen MR) is 187 cm³/mol. The summed E-state index contributed by atoms with van der Waals surface area (Å²) >= 11 is 1.84. The van der Waals surface area contributed by atoms with Gasteiger partial charge in [-0.15, -0.1) is 35.6 Å². The fourth-order valence-electron chi connectivity index (χ4n) is 6.00. The molecule has 0 aliphatic carbocycles. The van der Waals surface area contributed by atoms with Crippen LogP contribution in [0.1, 0.15) is 5.69 Å². The summed E-state index contributed by atoms with van der Waals surface area (Å²) in [5.74, 6) is 0.198. The second-order valence-electron chi connectivity index (χ2n) is 11.2. The maximum Gasteiger partial charge on any atom is 0.124 e. The molecule has 0 aliphatic heterocycles. The number of nitrogens with zero attached hydrogens (tertiary/aromatic N) is 2. The van der Waals surface area contributed by atoms with Gasteiger partial charge in [-0.05, 0) is 59.5 Å². The van der Waals surface area contributed by atoms with Gasteiger partial charge in [0.15, 0.2) is 0 Å². The van der Waals surface area contributed by atoms with Crippen molar-refractivity contribution >= 4 is 31.5 Å². The summed E-state index contributed by atoms with van der Waals surface area (Å²) in [4.78, 5) is 9.97. The van der Waals surface area contributed by atoms with Crippen molar-refractivity contribution in [1.29, 1.82) is 0 Å². The molecule has 0 fully saturated rings. The molecule has 224 valence electrons. The van der Waals surface area contributed by atoms with E-state index in [1.54, 1.807) is 6.07 Å². The minimum Gasteiger partial charge on any atom is -0.507 e. The van der Waals surface area contributed by atoms with Crippen LogP contribution in [0.4, 0.5) is 0 Å². The van der Waals surface area contributed by atoms with Gasteiger partial charge >= 0.3 is 0 Å². The molecule has 5 aromatic carbocycles. The summed E-state index contributed by atoms with van der Waals surface area (Å²) in [5, 5.41) is 13.2. The van der Waals surface area contributed by atoms with Crippen molar-refractivity contribution in [2.24, 2.45) is 0 Å². The Morgan fingerprint density at radius 3 is 2.00 bits per heavy atom. The number of phenolic OH excluding ortho intramolecular Hbond substituents is 1. The molecule has 0 atom stereocenters. The third-order valence-corrected chi connectivity index (χ3v) is 9.35. The van der Waals surface area contributed by atoms with Crippen LogP contribution < -0.4 is 0 Å². The second kappa shape index (κ2) is 12.5. The number of para-hydroxylation sites is 1. The summed E-state index contributed by atoms with van der Waals surface area (Å²) in [7, 11) is 0. The van der Waals surface area contributed by atoms with Gasteiger partial charge in [0.25, 0.3) is 0 Å². The van der Waals surface area contributed by atoms with Gasteiger partial charge in [-0.2, -0.15) is 0 Å². The molecular weight excluding hydrogens is 764 g/mol. The summed E-state index contributed by atoms with van der Waals surface area (Å²) in [6.07, 6.45) is 0. The van der Waals surface area contributed by atoms with Crippen LogP contribution in [0.5, 0.6) is 5.75 Å². The summed E-state index contributed by atoms with van der Waals surface area (Å²) in [6.45, 7) is 2.05. The Hall–Kier alpha value is -4.89. The molecule has 0 saturated carbocycles. The molecular formula is C41H27N2OPtS-. The molecule has 0 saturated heterocycles. The monoisotopic (exact) mass is 790 g/mol. The zero-order valence-electron chi connectivity index (χ0n) is 24.8. The van der Waals surface area contributed by atoms with Crippen LogP contribution in [-0.2, 0) is 21.1 Å². The zero-order chi connectivity index (χ0) is 30.3. The molecule has 0 bridgehead atoms. The number of aromatic nitrogens is 2. The maximum atomic E-state index is 10.7. The number of pyridine rings is 2. The third kappa shape index (κ3) is 5.56. The number of fused-ring (bicyclic) bond motifs is 3. The van der Waals surface area contributed by atoms with Crippen molar-refractivity contribution in [2.45, 2.75) is 6.92 Å². The average molecular weight is 791 g/mol. The fraction of sp³-hybridized carbons (Fsp3) is 0.0244. The number of benzene rings is 5. The molecule has 0 unspecified atom stereocenters. The van der Waals surface area contributed by atoms with E-state index in [4.69, 9.17) is 9.97 Å². The number of aryl methyl sites for hydroxylation is 1. The first kappa shape index (κ1) is 29.8. The predicted octanol–water partition coefficient (Wildman–Crippen LogP) is 11.0. The van der Waals surface area contributed by atoms with Crippen molar-refractivity contribution in [3.05, 3.63) is 151 Å². The smallest absolute Gasteiger partial charge is 0.124 e. The first-order chi connectivity index (χ1) is 22.1. The van der Waals surface area contributed by atoms with E-state index >= 15 is 0 Å². The van der Waals surface area contributed by atoms with Gasteiger partial charge in [-0.1, -0.05) is 102 Å². The third-order valence-electron chi connectivity index (χ3n) is 8.13. The molecule has 3 heterocycles. The Kier molecular flexibility index (Phi) is 8.08. The average Bonchev–Trinajstić information content (AvgIpc) is 3.47. The van der Waals surface area contributed by atoms with Crippen molar-refractivity contribution < 1.29 is 26.2 Å². The standard InChI is InChI=1S/C41H27N2OS.Pt/c1-26-21-31(32-17-10-18-34-33-15-6-8-20-40(33)45-41(32)34)25-36(42-26)28-13-9-14-29(22-28)37-23-30(27-11-3-2-4-12-27)24-38(43-37)35-16-5-7-19-39(35)44;/h2-21,23-25,44H,1H3;/q-1;. The summed E-state index contributed by atoms with van der Waals surface area (Å²) in [6, 6.07) is 50.9. The zero-order valence-corrected chi connectivity index (χ0v) is 27.9. The largest absolute Gasteiger partial charge is 0.507 e. The minimum atomic E-state index is 0. The molecule has 0 aliphatic rings. The number of aromatic hydroxyl groups is 1. The number of hydrogen-bond acceptors (Lipinski definition) is 4. The second-order valence-corrected chi connectivity index (χ2v) is 12.2. The molecule has 5 heteroatoms. The molecule has 46 heavy (non-hydrogen) atoms. The Labute approximate surface area is 286 Å². The quantitative estimate of drug-likeness (QED) is 0.177. The first-order valence-electron chi connectivity index (χ1n) is 14.9. The molecule has 0 amide bonds. The van der Waals surface area contributed by atoms with Gasteiger partial charge in [0.05, 0.1) is 5.69 Å². The number of phenols is 1. The van der Waals surface area contributed by atoms with Crippen molar-refractivity contribution in [1.82, 2.24) is 9.97 Å². The van der Waals surface area contributed by atoms with Crippen LogP contribution >= 0.6 is 11.3 Å². The van der Waals surface area contributed by atoms with Crippen LogP contribution in [0.3, 0.4) is 0 Å². The molecule has 0 radical (unpaired) electrons. The topological polar surface area (TPSA) is 46.0 Å². The van der Waals surface area contributed by atoms with Gasteiger partial charge in [0, 0.05) is 63.9 Å². The van der Waals surface area contributed by atoms with E-state index in [1.807, 2.05) is 72.9 Å². The first-order valence-corrected chi connectivity index (χ1v) is 15.7. The Morgan fingerprint density at radius 2 is 1.17 bits per heavy atom. The maximum absolute atomic E-state index is 10.7. The van der Waals surface area contributed by atoms with E-state index in [2.05, 4.69) is 84.9 Å². The van der Waals surface area contributed by atoms with Gasteiger partial charge in [-0.25, -0.2) is 0 Å². The number of thiophene rings is 1. The van der Waals surface area contributed by atoms with Crippen molar-refractivity contribution in [3.8, 4) is 61.8 Å². The molecule has 1 N–H and O–H groups in total. The number of hydrogen-bond donors (Lipinski definition) is 1. The van der Waals surface area contributed by atoms with Crippen LogP contribution in [0, 0.1) is 13.0 Å². The van der Waals surface area contributed by atoms with E-state index in [1.165, 1.54) is 25.7 Å². The van der Waals surface area contributed by atoms with Crippen molar-refractivity contribution in [2.75, 3.05) is 0 Å². The SMILES string of the molecule is Cc1cc(-c2cccc3c2sc2ccccc23)cc(-c2[c-]c(-c3cc(-c4ccccc4)cc(-c4ccccc4O)n3)ccc2)n1.[Pt]. The van der Waals surface area contributed by atoms with Gasteiger partial charge in [0.1, 0.15) is 5.75 Å². The van der Waals surface area contributed by atoms with E-state index in [0.717, 1.165) is 44.9 Å². The van der Waals surface area contributed by atoms with E-state index < -0.39 is 0 Å². The fourth-order valence-corrected chi connectivity index (χ4v) is 7.24. The minimum absolute atomic E-state index is 0. The van der Waals surface area contributed by atoms with Gasteiger partial charge in [0.2, 0.25) is 0 Å². The van der Waals surface area contributed by atoms with Crippen LogP contribution in [0.25, 0.3) is 76.2 Å². The molecule has 8 aromatic rings. The number of rotatable bonds is 5. The van der Waals surface area contributed by atoms with Crippen LogP contribution in [0.15, 0.2) is 140 Å². The Morgan fingerprint density at radius 1 is 0.543 bits per heavy atom. The molecule has 3 aromatic heterocycles. The summed E-state index contributed by atoms with van der Waals surface area (Å²) < 4.78 is 2.58.